The molecule has 1 aliphatic carbocycles. The van der Waals surface area contributed by atoms with Gasteiger partial charge in [-0.05, 0) is 66.8 Å². The van der Waals surface area contributed by atoms with Crippen molar-refractivity contribution >= 4 is 44.9 Å². The van der Waals surface area contributed by atoms with Gasteiger partial charge >= 0.3 is 0 Å². The molecule has 0 aliphatic heterocycles. The number of hydrogen-bond acceptors (Lipinski definition) is 5. The van der Waals surface area contributed by atoms with Crippen LogP contribution in [0.15, 0.2) is 58.0 Å². The van der Waals surface area contributed by atoms with Crippen LogP contribution in [0, 0.1) is 11.3 Å². The summed E-state index contributed by atoms with van der Waals surface area (Å²) in [6, 6.07) is 16.0. The highest BCUT2D eigenvalue weighted by Crippen LogP contribution is 2.36. The summed E-state index contributed by atoms with van der Waals surface area (Å²) in [6.45, 7) is 6.92. The summed E-state index contributed by atoms with van der Waals surface area (Å²) in [5.41, 5.74) is 7.07. The molecule has 1 aromatic heterocycles. The number of carbonyl (C=O) groups excluding carboxylic acids is 1. The second-order valence-corrected chi connectivity index (χ2v) is 11.4. The van der Waals surface area contributed by atoms with E-state index in [9.17, 15) is 4.79 Å². The van der Waals surface area contributed by atoms with Gasteiger partial charge in [-0.2, -0.15) is 5.10 Å². The second kappa shape index (κ2) is 9.53. The summed E-state index contributed by atoms with van der Waals surface area (Å²) in [5.74, 6) is 1.42. The zero-order valence-corrected chi connectivity index (χ0v) is 20.0. The maximum atomic E-state index is 12.5. The summed E-state index contributed by atoms with van der Waals surface area (Å²) < 4.78 is 2.28. The van der Waals surface area contributed by atoms with Gasteiger partial charge in [0, 0.05) is 17.0 Å². The number of thioether (sulfide) groups is 1. The average Bonchev–Trinajstić information content (AvgIpc) is 3.19. The molecular weight excluding hydrogens is 422 g/mol. The first-order valence-corrected chi connectivity index (χ1v) is 12.6. The number of hydrazone groups is 1. The molecule has 6 heteroatoms. The van der Waals surface area contributed by atoms with Gasteiger partial charge in [0.2, 0.25) is 0 Å². The minimum atomic E-state index is -0.143. The number of amides is 1. The highest BCUT2D eigenvalue weighted by atomic mass is 32.2. The van der Waals surface area contributed by atoms with Crippen LogP contribution < -0.4 is 5.43 Å². The molecule has 31 heavy (non-hydrogen) atoms. The number of benzene rings is 2. The first kappa shape index (κ1) is 22.0. The number of hydrogen-bond donors (Lipinski definition) is 1. The van der Waals surface area contributed by atoms with Gasteiger partial charge in [0.15, 0.2) is 4.34 Å². The SMILES string of the molecule is CC(C)(C)C1CCC(=NNC(=O)c2ccc(CSc3nc4ccccc4s3)cc2)CC1. The summed E-state index contributed by atoms with van der Waals surface area (Å²) in [5, 5.41) is 4.40. The first-order valence-electron chi connectivity index (χ1n) is 10.8. The Morgan fingerprint density at radius 1 is 1.13 bits per heavy atom. The lowest BCUT2D eigenvalue weighted by molar-refractivity contribution is 0.0954. The number of para-hydroxylation sites is 1. The molecule has 1 heterocycles. The number of thiazole rings is 1. The minimum absolute atomic E-state index is 0.143. The Balaban J connectivity index is 1.28. The number of aromatic nitrogens is 1. The standard InChI is InChI=1S/C25H29N3OS2/c1-25(2,3)19-12-14-20(15-13-19)27-28-23(29)18-10-8-17(9-11-18)16-30-24-26-21-6-4-5-7-22(21)31-24/h4-11,19H,12-16H2,1-3H3,(H,28,29). The summed E-state index contributed by atoms with van der Waals surface area (Å²) in [7, 11) is 0. The molecule has 1 saturated carbocycles. The van der Waals surface area contributed by atoms with E-state index in [1.807, 2.05) is 42.5 Å². The number of nitrogens with zero attached hydrogens (tertiary/aromatic N) is 2. The minimum Gasteiger partial charge on any atom is -0.267 e. The molecule has 3 aromatic rings. The van der Waals surface area contributed by atoms with Gasteiger partial charge in [-0.1, -0.05) is 56.8 Å². The molecule has 4 nitrogen and oxygen atoms in total. The van der Waals surface area contributed by atoms with Gasteiger partial charge in [0.05, 0.1) is 10.2 Å². The van der Waals surface area contributed by atoms with E-state index < -0.39 is 0 Å². The molecule has 4 rings (SSSR count). The topological polar surface area (TPSA) is 54.4 Å². The molecule has 1 amide bonds. The molecule has 0 bridgehead atoms. The van der Waals surface area contributed by atoms with E-state index in [2.05, 4.69) is 42.3 Å². The van der Waals surface area contributed by atoms with E-state index in [-0.39, 0.29) is 5.91 Å². The molecule has 0 radical (unpaired) electrons. The monoisotopic (exact) mass is 451 g/mol. The van der Waals surface area contributed by atoms with Gasteiger partial charge in [0.25, 0.3) is 5.91 Å². The van der Waals surface area contributed by atoms with Crippen molar-refractivity contribution in [2.45, 2.75) is 56.5 Å². The number of carbonyl (C=O) groups is 1. The van der Waals surface area contributed by atoms with Crippen LogP contribution in [0.2, 0.25) is 0 Å². The fourth-order valence-electron chi connectivity index (χ4n) is 3.93. The molecule has 1 aliphatic rings. The van der Waals surface area contributed by atoms with Crippen molar-refractivity contribution < 1.29 is 4.79 Å². The third-order valence-electron chi connectivity index (χ3n) is 5.96. The lowest BCUT2D eigenvalue weighted by atomic mass is 9.72. The van der Waals surface area contributed by atoms with Crippen molar-refractivity contribution in [3.05, 3.63) is 59.7 Å². The van der Waals surface area contributed by atoms with E-state index in [0.717, 1.165) is 52.9 Å². The number of nitrogens with one attached hydrogen (secondary N) is 1. The van der Waals surface area contributed by atoms with E-state index in [0.29, 0.717) is 11.0 Å². The van der Waals surface area contributed by atoms with E-state index >= 15 is 0 Å². The van der Waals surface area contributed by atoms with Crippen molar-refractivity contribution in [3.8, 4) is 0 Å². The van der Waals surface area contributed by atoms with Crippen molar-refractivity contribution in [1.82, 2.24) is 10.4 Å². The predicted molar refractivity (Wildman–Crippen MR) is 132 cm³/mol. The maximum absolute atomic E-state index is 12.5. The highest BCUT2D eigenvalue weighted by molar-refractivity contribution is 8.00. The Bertz CT molecular complexity index is 1040. The van der Waals surface area contributed by atoms with Gasteiger partial charge in [-0.15, -0.1) is 11.3 Å². The Morgan fingerprint density at radius 3 is 2.52 bits per heavy atom. The third-order valence-corrected chi connectivity index (χ3v) is 8.21. The van der Waals surface area contributed by atoms with E-state index in [1.54, 1.807) is 23.1 Å². The van der Waals surface area contributed by atoms with Gasteiger partial charge in [0.1, 0.15) is 0 Å². The second-order valence-electron chi connectivity index (χ2n) is 9.19. The van der Waals surface area contributed by atoms with Crippen LogP contribution in [0.25, 0.3) is 10.2 Å². The molecule has 0 saturated heterocycles. The Morgan fingerprint density at radius 2 is 1.84 bits per heavy atom. The van der Waals surface area contributed by atoms with E-state index in [4.69, 9.17) is 0 Å². The van der Waals surface area contributed by atoms with Gasteiger partial charge < -0.3 is 0 Å². The molecule has 0 spiro atoms. The molecule has 162 valence electrons. The van der Waals surface area contributed by atoms with Crippen LogP contribution in [0.4, 0.5) is 0 Å². The normalized spacial score (nSPS) is 17.0. The van der Waals surface area contributed by atoms with Crippen LogP contribution in [0.5, 0.6) is 0 Å². The molecule has 2 aromatic carbocycles. The third kappa shape index (κ3) is 5.74. The quantitative estimate of drug-likeness (QED) is 0.339. The summed E-state index contributed by atoms with van der Waals surface area (Å²) in [4.78, 5) is 17.1. The van der Waals surface area contributed by atoms with Gasteiger partial charge in [-0.25, -0.2) is 10.4 Å². The average molecular weight is 452 g/mol. The van der Waals surface area contributed by atoms with Crippen molar-refractivity contribution in [2.24, 2.45) is 16.4 Å². The lowest BCUT2D eigenvalue weighted by Gasteiger charge is -2.34. The predicted octanol–water partition coefficient (Wildman–Crippen LogP) is 6.91. The number of rotatable bonds is 5. The Labute approximate surface area is 192 Å². The fourth-order valence-corrected chi connectivity index (χ4v) is 5.96. The summed E-state index contributed by atoms with van der Waals surface area (Å²) in [6.07, 6.45) is 4.26. The zero-order valence-electron chi connectivity index (χ0n) is 18.4. The molecule has 1 fully saturated rings. The Kier molecular flexibility index (Phi) is 6.77. The first-order chi connectivity index (χ1) is 14.9. The van der Waals surface area contributed by atoms with Gasteiger partial charge in [-0.3, -0.25) is 4.79 Å². The smallest absolute Gasteiger partial charge is 0.267 e. The van der Waals surface area contributed by atoms with Crippen molar-refractivity contribution in [3.63, 3.8) is 0 Å². The largest absolute Gasteiger partial charge is 0.271 e. The molecule has 0 atom stereocenters. The lowest BCUT2D eigenvalue weighted by Crippen LogP contribution is -2.27. The van der Waals surface area contributed by atoms with Crippen LogP contribution in [0.1, 0.15) is 62.4 Å². The van der Waals surface area contributed by atoms with Crippen LogP contribution >= 0.6 is 23.1 Å². The van der Waals surface area contributed by atoms with E-state index in [1.165, 1.54) is 10.3 Å². The van der Waals surface area contributed by atoms with Crippen LogP contribution in [0.3, 0.4) is 0 Å². The van der Waals surface area contributed by atoms with Crippen molar-refractivity contribution in [1.29, 1.82) is 0 Å². The van der Waals surface area contributed by atoms with Crippen LogP contribution in [-0.4, -0.2) is 16.6 Å². The summed E-state index contributed by atoms with van der Waals surface area (Å²) >= 11 is 3.45. The van der Waals surface area contributed by atoms with Crippen molar-refractivity contribution in [2.75, 3.05) is 0 Å². The van der Waals surface area contributed by atoms with Crippen LogP contribution in [-0.2, 0) is 5.75 Å². The molecular formula is C25H29N3OS2. The molecule has 1 N–H and O–H groups in total. The maximum Gasteiger partial charge on any atom is 0.271 e. The Hall–Kier alpha value is -2.18. The zero-order chi connectivity index (χ0) is 21.8. The number of fused-ring (bicyclic) bond motifs is 1. The highest BCUT2D eigenvalue weighted by Gasteiger charge is 2.28. The molecule has 0 unspecified atom stereocenters. The fraction of sp³-hybridized carbons (Fsp3) is 0.400.